The first-order valence-corrected chi connectivity index (χ1v) is 13.6. The summed E-state index contributed by atoms with van der Waals surface area (Å²) in [5.41, 5.74) is 0.890. The van der Waals surface area contributed by atoms with Gasteiger partial charge in [-0.15, -0.1) is 0 Å². The predicted molar refractivity (Wildman–Crippen MR) is 132 cm³/mol. The summed E-state index contributed by atoms with van der Waals surface area (Å²) in [6.45, 7) is 1.65. The number of nitrogens with one attached hydrogen (secondary N) is 3. The summed E-state index contributed by atoms with van der Waals surface area (Å²) in [4.78, 5) is 16.9. The zero-order valence-corrected chi connectivity index (χ0v) is 20.5. The molecule has 0 radical (unpaired) electrons. The van der Waals surface area contributed by atoms with E-state index < -0.39 is 38.8 Å². The molecule has 13 heteroatoms. The van der Waals surface area contributed by atoms with E-state index in [2.05, 4.69) is 32.3 Å². The van der Waals surface area contributed by atoms with Gasteiger partial charge in [0.1, 0.15) is 11.4 Å². The van der Waals surface area contributed by atoms with E-state index in [1.54, 1.807) is 13.0 Å². The first-order chi connectivity index (χ1) is 15.7. The molecule has 3 N–H and O–H groups in total. The standard InChI is InChI=1S/C20H19F2IN6O3S/c1-3-6-33(31,32)28-15-5-4-14(21)16(17(15)22)20(30)25-12-7-13-18(11-8-23-29(2)10-11)26-27-19(13)24-9-12/h4-5,7-10,28H,3,6H2,1-2H3,(H,25,30)(H,24,26,27). The van der Waals surface area contributed by atoms with Crippen LogP contribution < -0.4 is 10.0 Å². The second kappa shape index (κ2) is 9.13. The van der Waals surface area contributed by atoms with Crippen molar-refractivity contribution in [1.82, 2.24) is 18.3 Å². The number of aromatic nitrogens is 3. The molecule has 1 aromatic carbocycles. The van der Waals surface area contributed by atoms with E-state index in [0.717, 1.165) is 23.4 Å². The van der Waals surface area contributed by atoms with Gasteiger partial charge in [0.05, 0.1) is 29.0 Å². The monoisotopic (exact) mass is 588 g/mol. The fourth-order valence-corrected chi connectivity index (χ4v) is 6.01. The normalized spacial score (nSPS) is 13.7. The topological polar surface area (TPSA) is 120 Å². The molecule has 0 aliphatic carbocycles. The number of aromatic amines is 1. The van der Waals surface area contributed by atoms with Crippen molar-refractivity contribution in [1.29, 1.82) is 0 Å². The Kier molecular flexibility index (Phi) is 6.43. The maximum atomic E-state index is 14.9. The third-order valence-corrected chi connectivity index (χ3v) is 8.23. The van der Waals surface area contributed by atoms with Crippen LogP contribution in [0.3, 0.4) is 0 Å². The Balaban J connectivity index is 1.64. The summed E-state index contributed by atoms with van der Waals surface area (Å²) in [5.74, 6) is -3.75. The number of fused-ring (bicyclic) bond motifs is 1. The van der Waals surface area contributed by atoms with Gasteiger partial charge in [0, 0.05) is 24.2 Å². The van der Waals surface area contributed by atoms with E-state index in [1.807, 2.05) is 13.2 Å². The molecule has 0 saturated heterocycles. The molecular formula is C20H19F2IN6O3S. The second-order valence-corrected chi connectivity index (χ2v) is 11.7. The zero-order valence-electron chi connectivity index (χ0n) is 17.5. The lowest BCUT2D eigenvalue weighted by Gasteiger charge is -2.12. The van der Waals surface area contributed by atoms with Gasteiger partial charge in [0.2, 0.25) is 10.0 Å². The lowest BCUT2D eigenvalue weighted by molar-refractivity contribution is 0.101. The smallest absolute Gasteiger partial charge is 0.261 e. The van der Waals surface area contributed by atoms with Gasteiger partial charge >= 0.3 is 0 Å². The van der Waals surface area contributed by atoms with Crippen molar-refractivity contribution in [3.63, 3.8) is 0 Å². The second-order valence-electron chi connectivity index (χ2n) is 7.17. The Morgan fingerprint density at radius 2 is 2.09 bits per heavy atom. The molecule has 0 saturated carbocycles. The molecule has 1 aliphatic rings. The third kappa shape index (κ3) is 4.88. The molecule has 3 aromatic rings. The molecule has 1 aliphatic heterocycles. The fourth-order valence-electron chi connectivity index (χ4n) is 3.21. The van der Waals surface area contributed by atoms with Crippen molar-refractivity contribution in [3.05, 3.63) is 53.5 Å². The number of allylic oxidation sites excluding steroid dienone is 1. The highest BCUT2D eigenvalue weighted by Crippen LogP contribution is 2.29. The average molecular weight is 588 g/mol. The van der Waals surface area contributed by atoms with Crippen LogP contribution in [-0.2, 0) is 10.0 Å². The lowest BCUT2D eigenvalue weighted by Crippen LogP contribution is -2.20. The van der Waals surface area contributed by atoms with E-state index in [-0.39, 0.29) is 32.4 Å². The molecule has 9 nitrogen and oxygen atoms in total. The summed E-state index contributed by atoms with van der Waals surface area (Å²) in [5, 5.41) is 10.1. The van der Waals surface area contributed by atoms with Crippen molar-refractivity contribution >= 4 is 68.9 Å². The van der Waals surface area contributed by atoms with Crippen molar-refractivity contribution in [2.45, 2.75) is 13.3 Å². The minimum absolute atomic E-state index is 0.201. The molecule has 2 aromatic heterocycles. The van der Waals surface area contributed by atoms with Crippen LogP contribution in [0.5, 0.6) is 0 Å². The molecule has 0 unspecified atom stereocenters. The van der Waals surface area contributed by atoms with Gasteiger partial charge in [0.15, 0.2) is 11.5 Å². The number of hydrogen-bond acceptors (Lipinski definition) is 6. The quantitative estimate of drug-likeness (QED) is 0.287. The van der Waals surface area contributed by atoms with Gasteiger partial charge in [-0.3, -0.25) is 14.6 Å². The van der Waals surface area contributed by atoms with Crippen LogP contribution in [0.4, 0.5) is 20.2 Å². The summed E-state index contributed by atoms with van der Waals surface area (Å²) in [6, 6.07) is 3.37. The average Bonchev–Trinajstić information content (AvgIpc) is 3.35. The van der Waals surface area contributed by atoms with Gasteiger partial charge in [-0.1, -0.05) is 6.92 Å². The van der Waals surface area contributed by atoms with Gasteiger partial charge < -0.3 is 8.43 Å². The first kappa shape index (κ1) is 23.2. The number of halogens is 3. The molecule has 174 valence electrons. The molecule has 0 bridgehead atoms. The number of carbonyl (C=O) groups excluding carboxylic acids is 1. The highest BCUT2D eigenvalue weighted by atomic mass is 127. The summed E-state index contributed by atoms with van der Waals surface area (Å²) in [6.07, 6.45) is 3.60. The van der Waals surface area contributed by atoms with E-state index >= 15 is 0 Å². The summed E-state index contributed by atoms with van der Waals surface area (Å²) < 4.78 is 59.4. The highest BCUT2D eigenvalue weighted by Gasteiger charge is 2.23. The Morgan fingerprint density at radius 3 is 2.79 bits per heavy atom. The van der Waals surface area contributed by atoms with Crippen LogP contribution in [-0.4, -0.2) is 49.4 Å². The van der Waals surface area contributed by atoms with Crippen LogP contribution in [0.15, 0.2) is 30.6 Å². The van der Waals surface area contributed by atoms with Crippen LogP contribution in [0.1, 0.15) is 29.4 Å². The minimum Gasteiger partial charge on any atom is -0.329 e. The maximum absolute atomic E-state index is 14.9. The number of anilines is 2. The largest absolute Gasteiger partial charge is 0.329 e. The number of rotatable bonds is 7. The number of H-pyrrole nitrogens is 1. The number of benzene rings is 1. The lowest BCUT2D eigenvalue weighted by atomic mass is 10.1. The van der Waals surface area contributed by atoms with Gasteiger partial charge in [-0.05, 0) is 49.6 Å². The Bertz CT molecular complexity index is 1420. The molecular weight excluding hydrogens is 569 g/mol. The van der Waals surface area contributed by atoms with E-state index in [4.69, 9.17) is 0 Å². The molecule has 0 atom stereocenters. The number of nitrogens with zero attached hydrogens (tertiary/aromatic N) is 3. The number of carbonyl (C=O) groups is 1. The number of hydrogen-bond donors (Lipinski definition) is 3. The van der Waals surface area contributed by atoms with Crippen molar-refractivity contribution in [2.75, 3.05) is 22.8 Å². The number of amides is 1. The maximum Gasteiger partial charge on any atom is 0.261 e. The van der Waals surface area contributed by atoms with Crippen LogP contribution in [0, 0.1) is 11.6 Å². The molecule has 3 heterocycles. The SMILES string of the molecule is CCCS(=O)(=O)Nc1ccc(F)c(C(=O)Nc2cnc3n[nH]c(C4=CN(C)I=C4)c3c2)c1F. The molecule has 33 heavy (non-hydrogen) atoms. The zero-order chi connectivity index (χ0) is 23.8. The number of sulfonamides is 1. The van der Waals surface area contributed by atoms with E-state index in [1.165, 1.54) is 6.20 Å². The number of pyridine rings is 1. The predicted octanol–water partition coefficient (Wildman–Crippen LogP) is 3.61. The Morgan fingerprint density at radius 1 is 1.30 bits per heavy atom. The van der Waals surface area contributed by atoms with Crippen LogP contribution in [0.25, 0.3) is 16.6 Å². The fraction of sp³-hybridized carbons (Fsp3) is 0.200. The summed E-state index contributed by atoms with van der Waals surface area (Å²) in [7, 11) is -1.86. The van der Waals surface area contributed by atoms with E-state index in [9.17, 15) is 22.0 Å². The van der Waals surface area contributed by atoms with E-state index in [0.29, 0.717) is 17.5 Å². The molecule has 4 rings (SSSR count). The third-order valence-electron chi connectivity index (χ3n) is 4.65. The van der Waals surface area contributed by atoms with Crippen molar-refractivity contribution in [2.24, 2.45) is 0 Å². The minimum atomic E-state index is -3.83. The summed E-state index contributed by atoms with van der Waals surface area (Å²) >= 11 is -0.255. The Hall–Kier alpha value is -2.94. The highest BCUT2D eigenvalue weighted by molar-refractivity contribution is 14.2. The molecule has 0 fully saturated rings. The van der Waals surface area contributed by atoms with Crippen LogP contribution in [0.2, 0.25) is 0 Å². The van der Waals surface area contributed by atoms with Crippen molar-refractivity contribution in [3.8, 4) is 0 Å². The molecule has 0 spiro atoms. The van der Waals surface area contributed by atoms with Crippen molar-refractivity contribution < 1.29 is 22.0 Å². The first-order valence-electron chi connectivity index (χ1n) is 9.74. The van der Waals surface area contributed by atoms with Gasteiger partial charge in [-0.2, -0.15) is 5.10 Å². The molecule has 1 amide bonds. The van der Waals surface area contributed by atoms with Gasteiger partial charge in [-0.25, -0.2) is 22.2 Å². The Labute approximate surface area is 198 Å². The van der Waals surface area contributed by atoms with Crippen LogP contribution >= 0.6 is 21.0 Å². The van der Waals surface area contributed by atoms with Gasteiger partial charge in [0.25, 0.3) is 5.91 Å².